The van der Waals surface area contributed by atoms with Gasteiger partial charge >= 0.3 is 0 Å². The number of aliphatic imine (C=N–C) groups is 1. The molecule has 4 nitrogen and oxygen atoms in total. The van der Waals surface area contributed by atoms with Gasteiger partial charge in [-0.3, -0.25) is 4.99 Å². The van der Waals surface area contributed by atoms with E-state index >= 15 is 0 Å². The largest absolute Gasteiger partial charge is 0.381 e. The molecule has 0 spiro atoms. The van der Waals surface area contributed by atoms with Gasteiger partial charge in [-0.1, -0.05) is 31.5 Å². The molecular weight excluding hydrogens is 468 g/mol. The molecule has 2 rings (SSSR count). The fraction of sp³-hybridized carbons (Fsp3) is 0.632. The molecule has 1 fully saturated rings. The third-order valence-electron chi connectivity index (χ3n) is 4.54. The zero-order valence-corrected chi connectivity index (χ0v) is 19.1. The number of nitrogens with one attached hydrogen (secondary N) is 1. The Hall–Kier alpha value is -0.600. The van der Waals surface area contributed by atoms with Gasteiger partial charge in [0.1, 0.15) is 5.82 Å². The van der Waals surface area contributed by atoms with Gasteiger partial charge < -0.3 is 15.0 Å². The molecule has 1 aliphatic rings. The SMILES string of the molecule is CCNC(=NCC(C)(C)c1ccc(F)cc1Cl)N(C)CC1CCOC1.I. The predicted molar refractivity (Wildman–Crippen MR) is 117 cm³/mol. The van der Waals surface area contributed by atoms with Crippen molar-refractivity contribution >= 4 is 41.5 Å². The predicted octanol–water partition coefficient (Wildman–Crippen LogP) is 4.31. The lowest BCUT2D eigenvalue weighted by Crippen LogP contribution is -2.42. The molecule has 1 atom stereocenters. The van der Waals surface area contributed by atoms with Gasteiger partial charge in [-0.15, -0.1) is 24.0 Å². The van der Waals surface area contributed by atoms with Gasteiger partial charge in [-0.25, -0.2) is 4.39 Å². The lowest BCUT2D eigenvalue weighted by atomic mass is 9.84. The normalized spacial score (nSPS) is 17.8. The van der Waals surface area contributed by atoms with Crippen LogP contribution < -0.4 is 5.32 Å². The molecule has 1 aliphatic heterocycles. The quantitative estimate of drug-likeness (QED) is 0.362. The molecule has 0 aliphatic carbocycles. The maximum atomic E-state index is 13.3. The van der Waals surface area contributed by atoms with Crippen LogP contribution in [0.25, 0.3) is 0 Å². The molecule has 0 aromatic heterocycles. The molecule has 0 bridgehead atoms. The van der Waals surface area contributed by atoms with E-state index in [1.165, 1.54) is 12.1 Å². The number of halogens is 3. The van der Waals surface area contributed by atoms with E-state index in [4.69, 9.17) is 21.3 Å². The average molecular weight is 498 g/mol. The van der Waals surface area contributed by atoms with Crippen LogP contribution >= 0.6 is 35.6 Å². The van der Waals surface area contributed by atoms with Crippen molar-refractivity contribution in [2.75, 3.05) is 39.9 Å². The Balaban J connectivity index is 0.00000338. The molecule has 1 aromatic rings. The molecule has 1 heterocycles. The van der Waals surface area contributed by atoms with Crippen molar-refractivity contribution < 1.29 is 9.13 Å². The van der Waals surface area contributed by atoms with Crippen LogP contribution in [0.2, 0.25) is 5.02 Å². The number of rotatable bonds is 6. The third-order valence-corrected chi connectivity index (χ3v) is 4.85. The maximum absolute atomic E-state index is 13.3. The second kappa shape index (κ2) is 10.7. The minimum Gasteiger partial charge on any atom is -0.381 e. The summed E-state index contributed by atoms with van der Waals surface area (Å²) < 4.78 is 18.8. The first kappa shape index (κ1) is 23.4. The monoisotopic (exact) mass is 497 g/mol. The fourth-order valence-electron chi connectivity index (χ4n) is 3.07. The summed E-state index contributed by atoms with van der Waals surface area (Å²) >= 11 is 6.24. The van der Waals surface area contributed by atoms with Gasteiger partial charge in [-0.2, -0.15) is 0 Å². The highest BCUT2D eigenvalue weighted by molar-refractivity contribution is 14.0. The highest BCUT2D eigenvalue weighted by Crippen LogP contribution is 2.30. The average Bonchev–Trinajstić information content (AvgIpc) is 3.03. The molecule has 1 unspecified atom stereocenters. The van der Waals surface area contributed by atoms with Gasteiger partial charge in [-0.05, 0) is 31.0 Å². The molecule has 0 radical (unpaired) electrons. The maximum Gasteiger partial charge on any atom is 0.193 e. The van der Waals surface area contributed by atoms with Crippen LogP contribution in [-0.4, -0.2) is 50.8 Å². The van der Waals surface area contributed by atoms with Crippen LogP contribution in [0.5, 0.6) is 0 Å². The summed E-state index contributed by atoms with van der Waals surface area (Å²) in [5.41, 5.74) is 0.616. The van der Waals surface area contributed by atoms with Gasteiger partial charge in [0, 0.05) is 43.1 Å². The highest BCUT2D eigenvalue weighted by Gasteiger charge is 2.25. The van der Waals surface area contributed by atoms with Crippen molar-refractivity contribution in [3.05, 3.63) is 34.6 Å². The zero-order chi connectivity index (χ0) is 18.4. The van der Waals surface area contributed by atoms with Gasteiger partial charge in [0.05, 0.1) is 13.2 Å². The van der Waals surface area contributed by atoms with Crippen molar-refractivity contribution in [1.29, 1.82) is 0 Å². The Labute approximate surface area is 178 Å². The molecule has 0 saturated carbocycles. The smallest absolute Gasteiger partial charge is 0.193 e. The highest BCUT2D eigenvalue weighted by atomic mass is 127. The van der Waals surface area contributed by atoms with E-state index in [0.717, 1.165) is 44.2 Å². The van der Waals surface area contributed by atoms with E-state index in [-0.39, 0.29) is 35.2 Å². The number of guanidine groups is 1. The zero-order valence-electron chi connectivity index (χ0n) is 16.0. The lowest BCUT2D eigenvalue weighted by molar-refractivity contribution is 0.181. The molecule has 26 heavy (non-hydrogen) atoms. The summed E-state index contributed by atoms with van der Waals surface area (Å²) in [7, 11) is 2.05. The summed E-state index contributed by atoms with van der Waals surface area (Å²) in [6.45, 7) is 10.2. The van der Waals surface area contributed by atoms with Crippen molar-refractivity contribution in [3.63, 3.8) is 0 Å². The van der Waals surface area contributed by atoms with Crippen LogP contribution in [0.4, 0.5) is 4.39 Å². The minimum atomic E-state index is -0.320. The van der Waals surface area contributed by atoms with Crippen LogP contribution in [0.3, 0.4) is 0 Å². The Morgan fingerprint density at radius 1 is 1.46 bits per heavy atom. The number of hydrogen-bond acceptors (Lipinski definition) is 2. The number of benzene rings is 1. The minimum absolute atomic E-state index is 0. The molecule has 1 N–H and O–H groups in total. The summed E-state index contributed by atoms with van der Waals surface area (Å²) in [6, 6.07) is 4.56. The van der Waals surface area contributed by atoms with Gasteiger partial charge in [0.15, 0.2) is 5.96 Å². The van der Waals surface area contributed by atoms with Gasteiger partial charge in [0.25, 0.3) is 0 Å². The first-order chi connectivity index (χ1) is 11.8. The lowest BCUT2D eigenvalue weighted by Gasteiger charge is -2.28. The summed E-state index contributed by atoms with van der Waals surface area (Å²) in [6.07, 6.45) is 1.10. The van der Waals surface area contributed by atoms with Crippen LogP contribution in [0, 0.1) is 11.7 Å². The number of nitrogens with zero attached hydrogens (tertiary/aromatic N) is 2. The second-order valence-corrected chi connectivity index (χ2v) is 7.70. The Morgan fingerprint density at radius 2 is 2.19 bits per heavy atom. The van der Waals surface area contributed by atoms with Crippen molar-refractivity contribution in [1.82, 2.24) is 10.2 Å². The third kappa shape index (κ3) is 6.53. The number of ether oxygens (including phenoxy) is 1. The first-order valence-electron chi connectivity index (χ1n) is 8.86. The molecule has 148 valence electrons. The van der Waals surface area contributed by atoms with Crippen molar-refractivity contribution in [3.8, 4) is 0 Å². The fourth-order valence-corrected chi connectivity index (χ4v) is 3.49. The summed E-state index contributed by atoms with van der Waals surface area (Å²) in [5, 5.41) is 3.79. The topological polar surface area (TPSA) is 36.9 Å². The molecule has 1 aromatic carbocycles. The molecule has 1 saturated heterocycles. The molecule has 7 heteroatoms. The standard InChI is InChI=1S/C19H29ClFN3O.HI/c1-5-22-18(24(4)11-14-8-9-25-12-14)23-13-19(2,3)16-7-6-15(21)10-17(16)20;/h6-7,10,14H,5,8-9,11-13H2,1-4H3,(H,22,23);1H. The van der Waals surface area contributed by atoms with E-state index in [1.54, 1.807) is 6.07 Å². The van der Waals surface area contributed by atoms with Crippen molar-refractivity contribution in [2.24, 2.45) is 10.9 Å². The molecule has 0 amide bonds. The van der Waals surface area contributed by atoms with E-state index < -0.39 is 0 Å². The Bertz CT molecular complexity index is 606. The van der Waals surface area contributed by atoms with E-state index in [0.29, 0.717) is 17.5 Å². The van der Waals surface area contributed by atoms with E-state index in [1.807, 2.05) is 0 Å². The van der Waals surface area contributed by atoms with Crippen LogP contribution in [-0.2, 0) is 10.2 Å². The van der Waals surface area contributed by atoms with Crippen molar-refractivity contribution in [2.45, 2.75) is 32.6 Å². The van der Waals surface area contributed by atoms with E-state index in [9.17, 15) is 4.39 Å². The first-order valence-corrected chi connectivity index (χ1v) is 9.24. The molecular formula is C19H30ClFIN3O. The van der Waals surface area contributed by atoms with Crippen LogP contribution in [0.15, 0.2) is 23.2 Å². The summed E-state index contributed by atoms with van der Waals surface area (Å²) in [4.78, 5) is 6.96. The summed E-state index contributed by atoms with van der Waals surface area (Å²) in [5.74, 6) is 1.11. The van der Waals surface area contributed by atoms with E-state index in [2.05, 4.69) is 38.0 Å². The number of hydrogen-bond donors (Lipinski definition) is 1. The Kier molecular flexibility index (Phi) is 9.61. The van der Waals surface area contributed by atoms with Crippen LogP contribution in [0.1, 0.15) is 32.8 Å². The second-order valence-electron chi connectivity index (χ2n) is 7.29. The van der Waals surface area contributed by atoms with Gasteiger partial charge in [0.2, 0.25) is 0 Å². The Morgan fingerprint density at radius 3 is 2.77 bits per heavy atom.